The van der Waals surface area contributed by atoms with Crippen LogP contribution in [0, 0.1) is 17.8 Å². The Morgan fingerprint density at radius 1 is 1.18 bits per heavy atom. The van der Waals surface area contributed by atoms with Gasteiger partial charge in [0.2, 0.25) is 0 Å². The first-order valence-corrected chi connectivity index (χ1v) is 7.29. The third-order valence-electron chi connectivity index (χ3n) is 3.75. The fourth-order valence-corrected chi connectivity index (χ4v) is 2.56. The Morgan fingerprint density at radius 3 is 2.71 bits per heavy atom. The Labute approximate surface area is 107 Å². The number of hydrogen-bond acceptors (Lipinski definition) is 2. The van der Waals surface area contributed by atoms with E-state index in [2.05, 4.69) is 37.2 Å². The van der Waals surface area contributed by atoms with Crippen LogP contribution >= 0.6 is 0 Å². The van der Waals surface area contributed by atoms with Gasteiger partial charge in [-0.1, -0.05) is 46.5 Å². The van der Waals surface area contributed by atoms with Crippen molar-refractivity contribution in [3.63, 3.8) is 0 Å². The first-order valence-electron chi connectivity index (χ1n) is 7.29. The SMILES string of the molecule is CCC1C=NN=CCC1CCCCCC(C)C. The van der Waals surface area contributed by atoms with Crippen molar-refractivity contribution in [1.29, 1.82) is 0 Å². The molecule has 1 rings (SSSR count). The van der Waals surface area contributed by atoms with Crippen molar-refractivity contribution in [3.8, 4) is 0 Å². The second kappa shape index (κ2) is 8.43. The van der Waals surface area contributed by atoms with Crippen LogP contribution in [-0.2, 0) is 0 Å². The van der Waals surface area contributed by atoms with Gasteiger partial charge in [-0.3, -0.25) is 0 Å². The fraction of sp³-hybridized carbons (Fsp3) is 0.867. The Balaban J connectivity index is 2.20. The summed E-state index contributed by atoms with van der Waals surface area (Å²) >= 11 is 0. The highest BCUT2D eigenvalue weighted by Crippen LogP contribution is 2.25. The average Bonchev–Trinajstić information content (AvgIpc) is 2.53. The van der Waals surface area contributed by atoms with E-state index in [1.54, 1.807) is 0 Å². The molecule has 0 N–H and O–H groups in total. The number of rotatable bonds is 7. The van der Waals surface area contributed by atoms with Crippen LogP contribution in [0.25, 0.3) is 0 Å². The lowest BCUT2D eigenvalue weighted by Gasteiger charge is -2.20. The molecule has 1 aliphatic heterocycles. The van der Waals surface area contributed by atoms with Gasteiger partial charge in [-0.15, -0.1) is 0 Å². The zero-order valence-corrected chi connectivity index (χ0v) is 11.7. The van der Waals surface area contributed by atoms with Crippen molar-refractivity contribution in [2.24, 2.45) is 28.0 Å². The first-order chi connectivity index (χ1) is 8.24. The van der Waals surface area contributed by atoms with Gasteiger partial charge in [0.1, 0.15) is 0 Å². The minimum Gasteiger partial charge on any atom is -0.164 e. The van der Waals surface area contributed by atoms with E-state index in [9.17, 15) is 0 Å². The van der Waals surface area contributed by atoms with E-state index in [1.807, 2.05) is 6.21 Å². The summed E-state index contributed by atoms with van der Waals surface area (Å²) in [6.07, 6.45) is 13.2. The van der Waals surface area contributed by atoms with Crippen LogP contribution in [0.2, 0.25) is 0 Å². The smallest absolute Gasteiger partial charge is 0.0303 e. The molecule has 0 saturated carbocycles. The van der Waals surface area contributed by atoms with Gasteiger partial charge in [0, 0.05) is 12.4 Å². The third kappa shape index (κ3) is 5.99. The number of hydrogen-bond donors (Lipinski definition) is 0. The molecule has 2 heteroatoms. The van der Waals surface area contributed by atoms with Gasteiger partial charge in [-0.2, -0.15) is 10.2 Å². The van der Waals surface area contributed by atoms with Gasteiger partial charge in [0.25, 0.3) is 0 Å². The predicted molar refractivity (Wildman–Crippen MR) is 76.8 cm³/mol. The molecule has 0 aromatic heterocycles. The molecule has 2 atom stereocenters. The molecular formula is C15H28N2. The van der Waals surface area contributed by atoms with Gasteiger partial charge in [0.05, 0.1) is 0 Å². The zero-order valence-electron chi connectivity index (χ0n) is 11.7. The summed E-state index contributed by atoms with van der Waals surface area (Å²) in [4.78, 5) is 0. The molecule has 2 nitrogen and oxygen atoms in total. The highest BCUT2D eigenvalue weighted by molar-refractivity contribution is 5.67. The van der Waals surface area contributed by atoms with E-state index in [0.29, 0.717) is 5.92 Å². The molecule has 0 aromatic carbocycles. The minimum absolute atomic E-state index is 0.641. The second-order valence-corrected chi connectivity index (χ2v) is 5.66. The van der Waals surface area contributed by atoms with Gasteiger partial charge in [-0.25, -0.2) is 0 Å². The molecule has 0 aromatic rings. The van der Waals surface area contributed by atoms with Crippen LogP contribution in [-0.4, -0.2) is 12.4 Å². The summed E-state index contributed by atoms with van der Waals surface area (Å²) in [6.45, 7) is 6.88. The molecule has 17 heavy (non-hydrogen) atoms. The molecule has 0 amide bonds. The van der Waals surface area contributed by atoms with Crippen LogP contribution in [0.3, 0.4) is 0 Å². The summed E-state index contributed by atoms with van der Waals surface area (Å²) in [6, 6.07) is 0. The van der Waals surface area contributed by atoms with Crippen molar-refractivity contribution in [1.82, 2.24) is 0 Å². The van der Waals surface area contributed by atoms with E-state index in [4.69, 9.17) is 0 Å². The van der Waals surface area contributed by atoms with Crippen LogP contribution in [0.1, 0.15) is 65.7 Å². The van der Waals surface area contributed by atoms with Gasteiger partial charge in [0.15, 0.2) is 0 Å². The standard InChI is InChI=1S/C15H28N2/c1-4-14-12-17-16-11-10-15(14)9-7-5-6-8-13(2)3/h11-15H,4-10H2,1-3H3. The summed E-state index contributed by atoms with van der Waals surface area (Å²) in [5, 5.41) is 8.12. The van der Waals surface area contributed by atoms with Gasteiger partial charge >= 0.3 is 0 Å². The van der Waals surface area contributed by atoms with Crippen LogP contribution in [0.15, 0.2) is 10.2 Å². The normalized spacial score (nSPS) is 24.2. The van der Waals surface area contributed by atoms with Crippen LogP contribution in [0.5, 0.6) is 0 Å². The maximum absolute atomic E-state index is 4.09. The largest absolute Gasteiger partial charge is 0.164 e. The fourth-order valence-electron chi connectivity index (χ4n) is 2.56. The third-order valence-corrected chi connectivity index (χ3v) is 3.75. The zero-order chi connectivity index (χ0) is 12.5. The number of unbranched alkanes of at least 4 members (excludes halogenated alkanes) is 2. The van der Waals surface area contributed by atoms with Crippen LogP contribution < -0.4 is 0 Å². The van der Waals surface area contributed by atoms with Crippen molar-refractivity contribution in [2.45, 2.75) is 65.7 Å². The topological polar surface area (TPSA) is 24.7 Å². The lowest BCUT2D eigenvalue weighted by molar-refractivity contribution is 0.380. The van der Waals surface area contributed by atoms with E-state index in [-0.39, 0.29) is 0 Å². The molecule has 0 saturated heterocycles. The monoisotopic (exact) mass is 236 g/mol. The Bertz CT molecular complexity index is 243. The van der Waals surface area contributed by atoms with Gasteiger partial charge < -0.3 is 0 Å². The summed E-state index contributed by atoms with van der Waals surface area (Å²) in [5.41, 5.74) is 0. The average molecular weight is 236 g/mol. The molecule has 98 valence electrons. The predicted octanol–water partition coefficient (Wildman–Crippen LogP) is 4.70. The molecule has 0 fully saturated rings. The quantitative estimate of drug-likeness (QED) is 0.573. The van der Waals surface area contributed by atoms with Crippen molar-refractivity contribution in [2.75, 3.05) is 0 Å². The Morgan fingerprint density at radius 2 is 2.00 bits per heavy atom. The lowest BCUT2D eigenvalue weighted by Crippen LogP contribution is -2.15. The van der Waals surface area contributed by atoms with E-state index in [1.165, 1.54) is 38.5 Å². The molecule has 0 bridgehead atoms. The van der Waals surface area contributed by atoms with Crippen molar-refractivity contribution < 1.29 is 0 Å². The maximum atomic E-state index is 4.09. The summed E-state index contributed by atoms with van der Waals surface area (Å²) in [5.74, 6) is 2.27. The Kier molecular flexibility index (Phi) is 7.14. The molecule has 1 heterocycles. The minimum atomic E-state index is 0.641. The molecule has 2 unspecified atom stereocenters. The first kappa shape index (κ1) is 14.4. The van der Waals surface area contributed by atoms with Crippen molar-refractivity contribution >= 4 is 12.4 Å². The molecule has 1 aliphatic rings. The van der Waals surface area contributed by atoms with E-state index in [0.717, 1.165) is 18.3 Å². The molecule has 0 aliphatic carbocycles. The lowest BCUT2D eigenvalue weighted by atomic mass is 9.84. The maximum Gasteiger partial charge on any atom is 0.0303 e. The molecule has 0 radical (unpaired) electrons. The Hall–Kier alpha value is -0.660. The van der Waals surface area contributed by atoms with E-state index >= 15 is 0 Å². The van der Waals surface area contributed by atoms with Gasteiger partial charge in [-0.05, 0) is 37.0 Å². The highest BCUT2D eigenvalue weighted by Gasteiger charge is 2.18. The van der Waals surface area contributed by atoms with Crippen LogP contribution in [0.4, 0.5) is 0 Å². The summed E-state index contributed by atoms with van der Waals surface area (Å²) in [7, 11) is 0. The summed E-state index contributed by atoms with van der Waals surface area (Å²) < 4.78 is 0. The molecular weight excluding hydrogens is 208 g/mol. The van der Waals surface area contributed by atoms with Crippen molar-refractivity contribution in [3.05, 3.63) is 0 Å². The highest BCUT2D eigenvalue weighted by atomic mass is 15.2. The number of nitrogens with zero attached hydrogens (tertiary/aromatic N) is 2. The second-order valence-electron chi connectivity index (χ2n) is 5.66. The van der Waals surface area contributed by atoms with E-state index < -0.39 is 0 Å². The molecule has 0 spiro atoms.